The number of carbonyl (C=O) groups excluding carboxylic acids is 1. The summed E-state index contributed by atoms with van der Waals surface area (Å²) in [6, 6.07) is 5.31. The number of nitrogens with zero attached hydrogens (tertiary/aromatic N) is 2. The molecule has 0 unspecified atom stereocenters. The van der Waals surface area contributed by atoms with Gasteiger partial charge in [-0.15, -0.1) is 0 Å². The molecule has 0 aromatic heterocycles. The van der Waals surface area contributed by atoms with E-state index >= 15 is 0 Å². The molecule has 1 heterocycles. The lowest BCUT2D eigenvalue weighted by atomic mass is 10.2. The van der Waals surface area contributed by atoms with Crippen LogP contribution in [-0.4, -0.2) is 48.4 Å². The third kappa shape index (κ3) is 3.71. The van der Waals surface area contributed by atoms with Gasteiger partial charge in [0.25, 0.3) is 5.91 Å². The fourth-order valence-electron chi connectivity index (χ4n) is 2.32. The first kappa shape index (κ1) is 14.8. The van der Waals surface area contributed by atoms with Crippen LogP contribution in [-0.2, 0) is 0 Å². The van der Waals surface area contributed by atoms with E-state index in [9.17, 15) is 4.79 Å². The van der Waals surface area contributed by atoms with Gasteiger partial charge < -0.3 is 4.90 Å². The normalized spacial score (nSPS) is 16.7. The fraction of sp³-hybridized carbons (Fsp3) is 0.500. The number of rotatable bonds is 3. The lowest BCUT2D eigenvalue weighted by Crippen LogP contribution is -2.48. The number of amides is 1. The highest BCUT2D eigenvalue weighted by Gasteiger charge is 2.22. The summed E-state index contributed by atoms with van der Waals surface area (Å²) in [4.78, 5) is 16.8. The Morgan fingerprint density at radius 1 is 1.32 bits per heavy atom. The van der Waals surface area contributed by atoms with Gasteiger partial charge in [0.15, 0.2) is 0 Å². The van der Waals surface area contributed by atoms with Gasteiger partial charge in [-0.2, -0.15) is 0 Å². The van der Waals surface area contributed by atoms with E-state index in [0.29, 0.717) is 10.6 Å². The Kier molecular flexibility index (Phi) is 5.25. The lowest BCUT2D eigenvalue weighted by molar-refractivity contribution is 0.0636. The first-order valence-corrected chi connectivity index (χ1v) is 7.75. The van der Waals surface area contributed by atoms with Gasteiger partial charge in [0.1, 0.15) is 0 Å². The second kappa shape index (κ2) is 6.73. The van der Waals surface area contributed by atoms with Gasteiger partial charge in [-0.1, -0.05) is 18.5 Å². The third-order valence-electron chi connectivity index (χ3n) is 3.36. The highest BCUT2D eigenvalue weighted by Crippen LogP contribution is 2.23. The van der Waals surface area contributed by atoms with Crippen molar-refractivity contribution in [2.75, 3.05) is 32.7 Å². The largest absolute Gasteiger partial charge is 0.336 e. The molecule has 1 saturated heterocycles. The summed E-state index contributed by atoms with van der Waals surface area (Å²) >= 11 is 9.31. The standard InChI is InChI=1S/C14H18BrClN2O/c1-2-5-17-6-8-18(9-7-17)14(19)12-4-3-11(16)10-13(12)15/h3-4,10H,2,5-9H2,1H3. The first-order valence-electron chi connectivity index (χ1n) is 6.58. The molecule has 2 rings (SSSR count). The van der Waals surface area contributed by atoms with Crippen molar-refractivity contribution in [2.24, 2.45) is 0 Å². The molecule has 5 heteroatoms. The summed E-state index contributed by atoms with van der Waals surface area (Å²) in [6.45, 7) is 6.83. The molecule has 0 N–H and O–H groups in total. The predicted molar refractivity (Wildman–Crippen MR) is 81.8 cm³/mol. The highest BCUT2D eigenvalue weighted by molar-refractivity contribution is 9.10. The zero-order chi connectivity index (χ0) is 13.8. The van der Waals surface area contributed by atoms with E-state index in [1.54, 1.807) is 18.2 Å². The second-order valence-electron chi connectivity index (χ2n) is 4.76. The summed E-state index contributed by atoms with van der Waals surface area (Å²) in [5, 5.41) is 0.635. The molecule has 3 nitrogen and oxygen atoms in total. The number of hydrogen-bond acceptors (Lipinski definition) is 2. The van der Waals surface area contributed by atoms with E-state index in [1.807, 2.05) is 4.90 Å². The van der Waals surface area contributed by atoms with Crippen LogP contribution in [0.1, 0.15) is 23.7 Å². The van der Waals surface area contributed by atoms with Crippen LogP contribution >= 0.6 is 27.5 Å². The summed E-state index contributed by atoms with van der Waals surface area (Å²) in [5.74, 6) is 0.0830. The Morgan fingerprint density at radius 3 is 2.58 bits per heavy atom. The van der Waals surface area contributed by atoms with Gasteiger partial charge in [-0.05, 0) is 47.1 Å². The fourth-order valence-corrected chi connectivity index (χ4v) is 3.18. The molecule has 1 aliphatic rings. The van der Waals surface area contributed by atoms with Crippen molar-refractivity contribution in [3.63, 3.8) is 0 Å². The topological polar surface area (TPSA) is 23.6 Å². The van der Waals surface area contributed by atoms with Crippen LogP contribution in [0.2, 0.25) is 5.02 Å². The van der Waals surface area contributed by atoms with E-state index in [0.717, 1.165) is 43.6 Å². The van der Waals surface area contributed by atoms with Crippen LogP contribution in [0.3, 0.4) is 0 Å². The molecule has 0 saturated carbocycles. The molecule has 1 fully saturated rings. The Balaban J connectivity index is 2.01. The molecule has 0 bridgehead atoms. The molecule has 0 radical (unpaired) electrons. The van der Waals surface area contributed by atoms with Crippen molar-refractivity contribution < 1.29 is 4.79 Å². The van der Waals surface area contributed by atoms with Crippen LogP contribution in [0, 0.1) is 0 Å². The zero-order valence-electron chi connectivity index (χ0n) is 11.0. The molecule has 0 atom stereocenters. The summed E-state index contributed by atoms with van der Waals surface area (Å²) in [6.07, 6.45) is 1.16. The van der Waals surface area contributed by atoms with Gasteiger partial charge in [0.2, 0.25) is 0 Å². The smallest absolute Gasteiger partial charge is 0.255 e. The SMILES string of the molecule is CCCN1CCN(C(=O)c2ccc(Cl)cc2Br)CC1. The van der Waals surface area contributed by atoms with Crippen molar-refractivity contribution in [1.29, 1.82) is 0 Å². The minimum atomic E-state index is 0.0830. The average Bonchev–Trinajstić information content (AvgIpc) is 2.39. The molecule has 104 valence electrons. The summed E-state index contributed by atoms with van der Waals surface area (Å²) < 4.78 is 0.765. The number of hydrogen-bond donors (Lipinski definition) is 0. The summed E-state index contributed by atoms with van der Waals surface area (Å²) in [5.41, 5.74) is 0.688. The predicted octanol–water partition coefficient (Wildman–Crippen LogP) is 3.27. The first-order chi connectivity index (χ1) is 9.11. The Hall–Kier alpha value is -0.580. The van der Waals surface area contributed by atoms with Crippen LogP contribution in [0.25, 0.3) is 0 Å². The van der Waals surface area contributed by atoms with E-state index < -0.39 is 0 Å². The number of benzene rings is 1. The van der Waals surface area contributed by atoms with Crippen LogP contribution in [0.4, 0.5) is 0 Å². The monoisotopic (exact) mass is 344 g/mol. The minimum absolute atomic E-state index is 0.0830. The maximum atomic E-state index is 12.4. The van der Waals surface area contributed by atoms with Gasteiger partial charge in [-0.25, -0.2) is 0 Å². The van der Waals surface area contributed by atoms with E-state index in [1.165, 1.54) is 0 Å². The van der Waals surface area contributed by atoms with Gasteiger partial charge >= 0.3 is 0 Å². The van der Waals surface area contributed by atoms with Crippen LogP contribution < -0.4 is 0 Å². The second-order valence-corrected chi connectivity index (χ2v) is 6.05. The molecule has 1 aliphatic heterocycles. The van der Waals surface area contributed by atoms with Crippen molar-refractivity contribution in [1.82, 2.24) is 9.80 Å². The van der Waals surface area contributed by atoms with Gasteiger partial charge in [0, 0.05) is 35.7 Å². The van der Waals surface area contributed by atoms with Gasteiger partial charge in [0.05, 0.1) is 5.56 Å². The molecule has 0 aliphatic carbocycles. The molecule has 1 amide bonds. The third-order valence-corrected chi connectivity index (χ3v) is 4.25. The van der Waals surface area contributed by atoms with Crippen molar-refractivity contribution in [2.45, 2.75) is 13.3 Å². The molecule has 19 heavy (non-hydrogen) atoms. The minimum Gasteiger partial charge on any atom is -0.336 e. The van der Waals surface area contributed by atoms with E-state index in [-0.39, 0.29) is 5.91 Å². The molecular formula is C14H18BrClN2O. The quantitative estimate of drug-likeness (QED) is 0.839. The maximum Gasteiger partial charge on any atom is 0.255 e. The number of carbonyl (C=O) groups is 1. The molecular weight excluding hydrogens is 328 g/mol. The van der Waals surface area contributed by atoms with E-state index in [2.05, 4.69) is 27.8 Å². The molecule has 1 aromatic rings. The van der Waals surface area contributed by atoms with Crippen molar-refractivity contribution >= 4 is 33.4 Å². The Bertz CT molecular complexity index is 459. The average molecular weight is 346 g/mol. The van der Waals surface area contributed by atoms with Crippen molar-refractivity contribution in [3.05, 3.63) is 33.3 Å². The Morgan fingerprint density at radius 2 is 2.00 bits per heavy atom. The maximum absolute atomic E-state index is 12.4. The summed E-state index contributed by atoms with van der Waals surface area (Å²) in [7, 11) is 0. The van der Waals surface area contributed by atoms with Gasteiger partial charge in [-0.3, -0.25) is 9.69 Å². The highest BCUT2D eigenvalue weighted by atomic mass is 79.9. The molecule has 1 aromatic carbocycles. The van der Waals surface area contributed by atoms with E-state index in [4.69, 9.17) is 11.6 Å². The van der Waals surface area contributed by atoms with Crippen molar-refractivity contribution in [3.8, 4) is 0 Å². The number of piperazine rings is 1. The lowest BCUT2D eigenvalue weighted by Gasteiger charge is -2.34. The Labute approximate surface area is 127 Å². The van der Waals surface area contributed by atoms with Crippen LogP contribution in [0.15, 0.2) is 22.7 Å². The zero-order valence-corrected chi connectivity index (χ0v) is 13.4. The van der Waals surface area contributed by atoms with Crippen LogP contribution in [0.5, 0.6) is 0 Å². The molecule has 0 spiro atoms. The number of halogens is 2.